The zero-order valence-electron chi connectivity index (χ0n) is 8.58. The number of morpholine rings is 1. The predicted octanol–water partition coefficient (Wildman–Crippen LogP) is 1.64. The summed E-state index contributed by atoms with van der Waals surface area (Å²) in [5.41, 5.74) is 7.69. The summed E-state index contributed by atoms with van der Waals surface area (Å²) in [6, 6.07) is 6.00. The zero-order chi connectivity index (χ0) is 10.7. The summed E-state index contributed by atoms with van der Waals surface area (Å²) in [5.74, 6) is 0. The molecule has 1 aromatic carbocycles. The summed E-state index contributed by atoms with van der Waals surface area (Å²) in [6.45, 7) is 3.81. The Hall–Kier alpha value is -0.770. The lowest BCUT2D eigenvalue weighted by Gasteiger charge is -2.30. The van der Waals surface area contributed by atoms with Crippen molar-refractivity contribution in [3.8, 4) is 0 Å². The molecule has 0 saturated carbocycles. The van der Waals surface area contributed by atoms with E-state index in [1.165, 1.54) is 0 Å². The minimum atomic E-state index is 0.483. The fourth-order valence-electron chi connectivity index (χ4n) is 1.77. The Morgan fingerprint density at radius 2 is 2.07 bits per heavy atom. The quantitative estimate of drug-likeness (QED) is 0.833. The third-order valence-electron chi connectivity index (χ3n) is 2.63. The summed E-state index contributed by atoms with van der Waals surface area (Å²) < 4.78 is 5.31. The zero-order valence-corrected chi connectivity index (χ0v) is 9.33. The van der Waals surface area contributed by atoms with Gasteiger partial charge in [0.25, 0.3) is 0 Å². The van der Waals surface area contributed by atoms with Gasteiger partial charge in [-0.15, -0.1) is 0 Å². The van der Waals surface area contributed by atoms with E-state index < -0.39 is 0 Å². The first-order chi connectivity index (χ1) is 7.33. The van der Waals surface area contributed by atoms with Gasteiger partial charge in [0.05, 0.1) is 23.9 Å². The van der Waals surface area contributed by atoms with E-state index in [1.807, 2.05) is 18.2 Å². The van der Waals surface area contributed by atoms with Crippen LogP contribution in [-0.2, 0) is 11.3 Å². The number of benzene rings is 1. The van der Waals surface area contributed by atoms with Gasteiger partial charge >= 0.3 is 0 Å². The minimum absolute atomic E-state index is 0.483. The van der Waals surface area contributed by atoms with E-state index in [9.17, 15) is 0 Å². The van der Waals surface area contributed by atoms with Gasteiger partial charge in [0, 0.05) is 19.6 Å². The molecule has 2 N–H and O–H groups in total. The van der Waals surface area contributed by atoms with Crippen molar-refractivity contribution >= 4 is 17.3 Å². The topological polar surface area (TPSA) is 38.5 Å². The van der Waals surface area contributed by atoms with E-state index in [0.717, 1.165) is 42.6 Å². The number of hydrogen-bond donors (Lipinski definition) is 1. The van der Waals surface area contributed by atoms with Crippen molar-refractivity contribution < 1.29 is 4.74 Å². The summed E-state index contributed by atoms with van der Waals surface area (Å²) in [7, 11) is 0. The Morgan fingerprint density at radius 3 is 2.73 bits per heavy atom. The molecule has 1 aliphatic rings. The summed E-state index contributed by atoms with van der Waals surface area (Å²) in [4.78, 5) is 2.24. The molecule has 15 heavy (non-hydrogen) atoms. The molecule has 0 bridgehead atoms. The highest BCUT2D eigenvalue weighted by Crippen LogP contribution is 2.29. The van der Waals surface area contributed by atoms with Crippen molar-refractivity contribution in [1.29, 1.82) is 0 Å². The molecule has 1 fully saturated rings. The summed E-state index contributed by atoms with van der Waals surface area (Å²) >= 11 is 6.28. The standard InChI is InChI=1S/C11H15ClN2O/c12-11-9(8-13)2-1-3-10(11)14-4-6-15-7-5-14/h1-3H,4-8,13H2. The van der Waals surface area contributed by atoms with Gasteiger partial charge in [0.15, 0.2) is 0 Å². The van der Waals surface area contributed by atoms with E-state index in [0.29, 0.717) is 6.54 Å². The van der Waals surface area contributed by atoms with Gasteiger partial charge in [-0.2, -0.15) is 0 Å². The lowest BCUT2D eigenvalue weighted by Crippen LogP contribution is -2.36. The van der Waals surface area contributed by atoms with Crippen LogP contribution in [0.5, 0.6) is 0 Å². The third-order valence-corrected chi connectivity index (χ3v) is 3.07. The van der Waals surface area contributed by atoms with Crippen LogP contribution < -0.4 is 10.6 Å². The molecule has 1 heterocycles. The Kier molecular flexibility index (Phi) is 3.46. The molecule has 0 aliphatic carbocycles. The number of nitrogens with zero attached hydrogens (tertiary/aromatic N) is 1. The number of hydrogen-bond acceptors (Lipinski definition) is 3. The molecule has 0 radical (unpaired) electrons. The van der Waals surface area contributed by atoms with Crippen molar-refractivity contribution in [3.05, 3.63) is 28.8 Å². The maximum atomic E-state index is 6.28. The van der Waals surface area contributed by atoms with Gasteiger partial charge in [-0.3, -0.25) is 0 Å². The van der Waals surface area contributed by atoms with E-state index in [1.54, 1.807) is 0 Å². The summed E-state index contributed by atoms with van der Waals surface area (Å²) in [6.07, 6.45) is 0. The highest BCUT2D eigenvalue weighted by Gasteiger charge is 2.15. The Morgan fingerprint density at radius 1 is 1.33 bits per heavy atom. The van der Waals surface area contributed by atoms with E-state index in [2.05, 4.69) is 4.90 Å². The molecule has 0 amide bonds. The van der Waals surface area contributed by atoms with Gasteiger partial charge in [0.1, 0.15) is 0 Å². The maximum absolute atomic E-state index is 6.28. The number of ether oxygens (including phenoxy) is 1. The first-order valence-electron chi connectivity index (χ1n) is 5.13. The van der Waals surface area contributed by atoms with E-state index in [4.69, 9.17) is 22.1 Å². The smallest absolute Gasteiger partial charge is 0.0684 e. The lowest BCUT2D eigenvalue weighted by atomic mass is 10.2. The largest absolute Gasteiger partial charge is 0.378 e. The van der Waals surface area contributed by atoms with Crippen molar-refractivity contribution in [2.45, 2.75) is 6.54 Å². The second-order valence-corrected chi connectivity index (χ2v) is 3.93. The molecule has 82 valence electrons. The second kappa shape index (κ2) is 4.84. The molecule has 1 aromatic rings. The van der Waals surface area contributed by atoms with Gasteiger partial charge in [-0.25, -0.2) is 0 Å². The molecule has 0 atom stereocenters. The Balaban J connectivity index is 2.26. The average molecular weight is 227 g/mol. The fourth-order valence-corrected chi connectivity index (χ4v) is 2.10. The second-order valence-electron chi connectivity index (χ2n) is 3.55. The van der Waals surface area contributed by atoms with Crippen molar-refractivity contribution in [1.82, 2.24) is 0 Å². The molecule has 1 saturated heterocycles. The third kappa shape index (κ3) is 2.25. The van der Waals surface area contributed by atoms with Gasteiger partial charge in [0.2, 0.25) is 0 Å². The Bertz CT molecular complexity index is 337. The van der Waals surface area contributed by atoms with Crippen LogP contribution in [0.3, 0.4) is 0 Å². The van der Waals surface area contributed by atoms with Crippen LogP contribution in [-0.4, -0.2) is 26.3 Å². The minimum Gasteiger partial charge on any atom is -0.378 e. The van der Waals surface area contributed by atoms with Crippen LogP contribution >= 0.6 is 11.6 Å². The normalized spacial score (nSPS) is 16.8. The molecule has 0 aromatic heterocycles. The first-order valence-corrected chi connectivity index (χ1v) is 5.51. The monoisotopic (exact) mass is 226 g/mol. The first kappa shape index (κ1) is 10.7. The van der Waals surface area contributed by atoms with Crippen LogP contribution in [0.1, 0.15) is 5.56 Å². The van der Waals surface area contributed by atoms with Crippen molar-refractivity contribution in [2.75, 3.05) is 31.2 Å². The molecule has 0 spiro atoms. The van der Waals surface area contributed by atoms with Crippen LogP contribution in [0.2, 0.25) is 5.02 Å². The fraction of sp³-hybridized carbons (Fsp3) is 0.455. The number of rotatable bonds is 2. The molecular weight excluding hydrogens is 212 g/mol. The number of nitrogens with two attached hydrogens (primary N) is 1. The number of anilines is 1. The van der Waals surface area contributed by atoms with Gasteiger partial charge in [-0.1, -0.05) is 23.7 Å². The maximum Gasteiger partial charge on any atom is 0.0684 e. The molecule has 3 nitrogen and oxygen atoms in total. The van der Waals surface area contributed by atoms with Crippen molar-refractivity contribution in [2.24, 2.45) is 5.73 Å². The lowest BCUT2D eigenvalue weighted by molar-refractivity contribution is 0.122. The predicted molar refractivity (Wildman–Crippen MR) is 62.4 cm³/mol. The Labute approximate surface area is 94.8 Å². The highest BCUT2D eigenvalue weighted by molar-refractivity contribution is 6.34. The van der Waals surface area contributed by atoms with Crippen LogP contribution in [0.25, 0.3) is 0 Å². The summed E-state index contributed by atoms with van der Waals surface area (Å²) in [5, 5.41) is 0.780. The number of halogens is 1. The molecule has 2 rings (SSSR count). The highest BCUT2D eigenvalue weighted by atomic mass is 35.5. The average Bonchev–Trinajstić information content (AvgIpc) is 2.30. The van der Waals surface area contributed by atoms with Gasteiger partial charge < -0.3 is 15.4 Å². The van der Waals surface area contributed by atoms with E-state index >= 15 is 0 Å². The van der Waals surface area contributed by atoms with Crippen molar-refractivity contribution in [3.63, 3.8) is 0 Å². The molecule has 1 aliphatic heterocycles. The van der Waals surface area contributed by atoms with Gasteiger partial charge in [-0.05, 0) is 11.6 Å². The SMILES string of the molecule is NCc1cccc(N2CCOCC2)c1Cl. The molecular formula is C11H15ClN2O. The molecule has 4 heteroatoms. The van der Waals surface area contributed by atoms with Crippen LogP contribution in [0, 0.1) is 0 Å². The van der Waals surface area contributed by atoms with Crippen LogP contribution in [0.15, 0.2) is 18.2 Å². The van der Waals surface area contributed by atoms with Crippen LogP contribution in [0.4, 0.5) is 5.69 Å². The van der Waals surface area contributed by atoms with E-state index in [-0.39, 0.29) is 0 Å². The molecule has 0 unspecified atom stereocenters.